The van der Waals surface area contributed by atoms with Gasteiger partial charge in [0.05, 0.1) is 6.54 Å². The van der Waals surface area contributed by atoms with E-state index >= 15 is 0 Å². The minimum atomic E-state index is -0.243. The Balaban J connectivity index is 1.46. The number of amides is 2. The summed E-state index contributed by atoms with van der Waals surface area (Å²) in [4.78, 5) is 30.0. The molecule has 1 N–H and O–H groups in total. The highest BCUT2D eigenvalue weighted by atomic mass is 32.1. The Morgan fingerprint density at radius 2 is 2.00 bits per heavy atom. The van der Waals surface area contributed by atoms with E-state index in [9.17, 15) is 9.59 Å². The molecule has 140 valence electrons. The third-order valence-corrected chi connectivity index (χ3v) is 4.63. The minimum Gasteiger partial charge on any atom is -0.339 e. The molecule has 0 saturated carbocycles. The predicted molar refractivity (Wildman–Crippen MR) is 103 cm³/mol. The number of rotatable bonds is 7. The van der Waals surface area contributed by atoms with E-state index in [-0.39, 0.29) is 24.8 Å². The number of aromatic nitrogens is 2. The predicted octanol–water partition coefficient (Wildman–Crippen LogP) is 3.14. The maximum Gasteiger partial charge on any atom is 0.243 e. The molecule has 7 nitrogen and oxygen atoms in total. The Morgan fingerprint density at radius 3 is 2.70 bits per heavy atom. The van der Waals surface area contributed by atoms with Crippen LogP contribution in [0, 0.1) is 6.92 Å². The Morgan fingerprint density at radius 1 is 1.22 bits per heavy atom. The zero-order valence-corrected chi connectivity index (χ0v) is 16.0. The third kappa shape index (κ3) is 5.24. The molecule has 0 aliphatic heterocycles. The number of nitrogens with zero attached hydrogens (tertiary/aromatic N) is 3. The molecule has 0 saturated heterocycles. The number of aryl methyl sites for hydroxylation is 2. The molecule has 2 aromatic heterocycles. The Bertz CT molecular complexity index is 903. The van der Waals surface area contributed by atoms with Gasteiger partial charge in [0, 0.05) is 36.5 Å². The van der Waals surface area contributed by atoms with Gasteiger partial charge in [-0.3, -0.25) is 9.59 Å². The van der Waals surface area contributed by atoms with Crippen molar-refractivity contribution in [3.8, 4) is 11.4 Å². The van der Waals surface area contributed by atoms with Crippen molar-refractivity contribution in [3.05, 3.63) is 52.5 Å². The van der Waals surface area contributed by atoms with E-state index in [2.05, 4.69) is 15.5 Å². The summed E-state index contributed by atoms with van der Waals surface area (Å²) in [6, 6.07) is 9.40. The second-order valence-corrected chi connectivity index (χ2v) is 6.97. The molecule has 0 spiro atoms. The molecule has 0 atom stereocenters. The maximum atomic E-state index is 12.2. The molecule has 2 heterocycles. The zero-order valence-electron chi connectivity index (χ0n) is 15.1. The number of benzene rings is 1. The molecule has 3 rings (SSSR count). The molecule has 1 aromatic carbocycles. The van der Waals surface area contributed by atoms with Crippen molar-refractivity contribution < 1.29 is 14.1 Å². The summed E-state index contributed by atoms with van der Waals surface area (Å²) in [5.41, 5.74) is 2.72. The quantitative estimate of drug-likeness (QED) is 0.676. The van der Waals surface area contributed by atoms with Crippen LogP contribution in [0.1, 0.15) is 17.9 Å². The summed E-state index contributed by atoms with van der Waals surface area (Å²) >= 11 is 1.55. The van der Waals surface area contributed by atoms with Crippen molar-refractivity contribution >= 4 is 28.8 Å². The summed E-state index contributed by atoms with van der Waals surface area (Å²) in [6.45, 7) is 1.96. The van der Waals surface area contributed by atoms with Gasteiger partial charge in [0.2, 0.25) is 23.5 Å². The monoisotopic (exact) mass is 384 g/mol. The first-order chi connectivity index (χ1) is 13.0. The van der Waals surface area contributed by atoms with Gasteiger partial charge in [-0.2, -0.15) is 16.3 Å². The van der Waals surface area contributed by atoms with Crippen LogP contribution in [0.3, 0.4) is 0 Å². The van der Waals surface area contributed by atoms with Crippen LogP contribution in [0.4, 0.5) is 5.69 Å². The van der Waals surface area contributed by atoms with Crippen LogP contribution in [-0.2, 0) is 16.0 Å². The van der Waals surface area contributed by atoms with Crippen molar-refractivity contribution in [2.75, 3.05) is 18.9 Å². The fourth-order valence-electron chi connectivity index (χ4n) is 2.41. The van der Waals surface area contributed by atoms with Crippen LogP contribution in [0.25, 0.3) is 11.4 Å². The van der Waals surface area contributed by atoms with Crippen molar-refractivity contribution in [1.82, 2.24) is 15.0 Å². The van der Waals surface area contributed by atoms with Crippen molar-refractivity contribution in [2.24, 2.45) is 0 Å². The number of hydrogen-bond acceptors (Lipinski definition) is 6. The lowest BCUT2D eigenvalue weighted by Crippen LogP contribution is -2.35. The fourth-order valence-corrected chi connectivity index (χ4v) is 3.05. The van der Waals surface area contributed by atoms with Gasteiger partial charge in [0.15, 0.2) is 0 Å². The molecule has 0 bridgehead atoms. The van der Waals surface area contributed by atoms with E-state index in [0.717, 1.165) is 11.1 Å². The molecule has 27 heavy (non-hydrogen) atoms. The first-order valence-electron chi connectivity index (χ1n) is 8.47. The first kappa shape index (κ1) is 18.8. The lowest BCUT2D eigenvalue weighted by atomic mass is 10.2. The smallest absolute Gasteiger partial charge is 0.243 e. The van der Waals surface area contributed by atoms with Gasteiger partial charge in [0.1, 0.15) is 0 Å². The number of carbonyl (C=O) groups excluding carboxylic acids is 2. The summed E-state index contributed by atoms with van der Waals surface area (Å²) in [7, 11) is 1.60. The molecule has 0 aliphatic carbocycles. The lowest BCUT2D eigenvalue weighted by molar-refractivity contribution is -0.133. The summed E-state index contributed by atoms with van der Waals surface area (Å²) in [5.74, 6) is 0.517. The highest BCUT2D eigenvalue weighted by Crippen LogP contribution is 2.19. The molecule has 0 aliphatic rings. The van der Waals surface area contributed by atoms with Gasteiger partial charge in [-0.05, 0) is 30.5 Å². The van der Waals surface area contributed by atoms with Crippen LogP contribution in [-0.4, -0.2) is 40.4 Å². The van der Waals surface area contributed by atoms with Crippen molar-refractivity contribution in [2.45, 2.75) is 19.8 Å². The van der Waals surface area contributed by atoms with Gasteiger partial charge >= 0.3 is 0 Å². The fraction of sp³-hybridized carbons (Fsp3) is 0.263. The summed E-state index contributed by atoms with van der Waals surface area (Å²) < 4.78 is 5.18. The topological polar surface area (TPSA) is 88.3 Å². The number of anilines is 1. The second-order valence-electron chi connectivity index (χ2n) is 6.19. The van der Waals surface area contributed by atoms with Gasteiger partial charge in [0.25, 0.3) is 0 Å². The molecular formula is C19H20N4O3S. The SMILES string of the molecule is Cc1ccc(NC(=O)CN(C)C(=O)CCc2nc(-c3ccsc3)no2)cc1. The first-order valence-corrected chi connectivity index (χ1v) is 9.41. The number of hydrogen-bond donors (Lipinski definition) is 1. The highest BCUT2D eigenvalue weighted by Gasteiger charge is 2.15. The molecule has 8 heteroatoms. The number of carbonyl (C=O) groups is 2. The Kier molecular flexibility index (Phi) is 5.97. The average molecular weight is 384 g/mol. The van der Waals surface area contributed by atoms with Gasteiger partial charge in [-0.1, -0.05) is 22.9 Å². The van der Waals surface area contributed by atoms with Gasteiger partial charge < -0.3 is 14.7 Å². The zero-order chi connectivity index (χ0) is 19.2. The van der Waals surface area contributed by atoms with E-state index < -0.39 is 0 Å². The summed E-state index contributed by atoms with van der Waals surface area (Å²) in [5, 5.41) is 10.6. The van der Waals surface area contributed by atoms with Crippen LogP contribution in [0.5, 0.6) is 0 Å². The Hall–Kier alpha value is -3.00. The molecule has 0 fully saturated rings. The minimum absolute atomic E-state index is 0.0172. The standard InChI is InChI=1S/C19H20N4O3S/c1-13-3-5-15(6-4-13)20-16(24)11-23(2)18(25)8-7-17-21-19(22-26-17)14-9-10-27-12-14/h3-6,9-10,12H,7-8,11H2,1-2H3,(H,20,24). The lowest BCUT2D eigenvalue weighted by Gasteiger charge is -2.16. The largest absolute Gasteiger partial charge is 0.339 e. The van der Waals surface area contributed by atoms with Crippen LogP contribution < -0.4 is 5.32 Å². The molecule has 0 radical (unpaired) electrons. The number of likely N-dealkylation sites (N-methyl/N-ethyl adjacent to an activating group) is 1. The van der Waals surface area contributed by atoms with E-state index in [1.54, 1.807) is 18.4 Å². The van der Waals surface area contributed by atoms with Crippen LogP contribution in [0.15, 0.2) is 45.6 Å². The van der Waals surface area contributed by atoms with Crippen molar-refractivity contribution in [3.63, 3.8) is 0 Å². The molecule has 2 amide bonds. The maximum absolute atomic E-state index is 12.2. The normalized spacial score (nSPS) is 10.6. The third-order valence-electron chi connectivity index (χ3n) is 3.94. The van der Waals surface area contributed by atoms with Crippen LogP contribution >= 0.6 is 11.3 Å². The molecule has 0 unspecified atom stereocenters. The van der Waals surface area contributed by atoms with E-state index in [1.807, 2.05) is 48.0 Å². The highest BCUT2D eigenvalue weighted by molar-refractivity contribution is 7.08. The molecular weight excluding hydrogens is 364 g/mol. The Labute approximate surface area is 161 Å². The van der Waals surface area contributed by atoms with Gasteiger partial charge in [-0.25, -0.2) is 0 Å². The van der Waals surface area contributed by atoms with Crippen LogP contribution in [0.2, 0.25) is 0 Å². The molecule has 3 aromatic rings. The average Bonchev–Trinajstić information content (AvgIpc) is 3.33. The van der Waals surface area contributed by atoms with E-state index in [0.29, 0.717) is 23.8 Å². The second kappa shape index (κ2) is 8.59. The van der Waals surface area contributed by atoms with Crippen molar-refractivity contribution in [1.29, 1.82) is 0 Å². The van der Waals surface area contributed by atoms with Gasteiger partial charge in [-0.15, -0.1) is 0 Å². The van der Waals surface area contributed by atoms with E-state index in [4.69, 9.17) is 4.52 Å². The number of thiophene rings is 1. The van der Waals surface area contributed by atoms with E-state index in [1.165, 1.54) is 4.90 Å². The summed E-state index contributed by atoms with van der Waals surface area (Å²) in [6.07, 6.45) is 0.527. The number of nitrogens with one attached hydrogen (secondary N) is 1.